The van der Waals surface area contributed by atoms with Gasteiger partial charge in [-0.2, -0.15) is 0 Å². The van der Waals surface area contributed by atoms with Crippen LogP contribution in [0.1, 0.15) is 24.1 Å². The standard InChI is InChI=1S/C23H30N4O4/c1-16-6-4-8-21(25-16)26-23(29)18-7-5-11-27(14-18)15-22(28)24-13-17-9-10-19(30-2)20(12-17)31-3/h4,6,8-10,12,18H,5,7,11,13-15H2,1-3H3,(H,24,28)(H,25,26,29). The molecule has 1 atom stereocenters. The maximum atomic E-state index is 12.6. The molecule has 0 bridgehead atoms. The molecule has 2 amide bonds. The molecule has 3 rings (SSSR count). The van der Waals surface area contributed by atoms with Crippen molar-refractivity contribution in [3.05, 3.63) is 47.7 Å². The number of hydrogen-bond donors (Lipinski definition) is 2. The highest BCUT2D eigenvalue weighted by molar-refractivity contribution is 5.92. The van der Waals surface area contributed by atoms with Gasteiger partial charge in [0.25, 0.3) is 0 Å². The molecule has 166 valence electrons. The minimum atomic E-state index is -0.158. The average molecular weight is 427 g/mol. The van der Waals surface area contributed by atoms with Gasteiger partial charge in [0.05, 0.1) is 26.7 Å². The number of methoxy groups -OCH3 is 2. The number of rotatable bonds is 8. The number of carbonyl (C=O) groups excluding carboxylic acids is 2. The monoisotopic (exact) mass is 426 g/mol. The first-order chi connectivity index (χ1) is 15.0. The molecule has 2 N–H and O–H groups in total. The van der Waals surface area contributed by atoms with Crippen LogP contribution in [0.5, 0.6) is 11.5 Å². The van der Waals surface area contributed by atoms with E-state index in [0.29, 0.717) is 30.4 Å². The Morgan fingerprint density at radius 1 is 1.16 bits per heavy atom. The van der Waals surface area contributed by atoms with E-state index in [4.69, 9.17) is 9.47 Å². The van der Waals surface area contributed by atoms with Gasteiger partial charge in [0, 0.05) is 18.8 Å². The first kappa shape index (κ1) is 22.6. The average Bonchev–Trinajstić information content (AvgIpc) is 2.77. The number of likely N-dealkylation sites (tertiary alicyclic amines) is 1. The summed E-state index contributed by atoms with van der Waals surface area (Å²) in [7, 11) is 3.17. The lowest BCUT2D eigenvalue weighted by molar-refractivity contribution is -0.125. The Balaban J connectivity index is 1.48. The van der Waals surface area contributed by atoms with Crippen molar-refractivity contribution in [2.75, 3.05) is 39.2 Å². The van der Waals surface area contributed by atoms with Crippen LogP contribution < -0.4 is 20.1 Å². The summed E-state index contributed by atoms with van der Waals surface area (Å²) in [4.78, 5) is 31.4. The molecule has 0 spiro atoms. The molecule has 1 aliphatic heterocycles. The predicted octanol–water partition coefficient (Wildman–Crippen LogP) is 2.37. The van der Waals surface area contributed by atoms with E-state index in [1.165, 1.54) is 0 Å². The van der Waals surface area contributed by atoms with Crippen LogP contribution in [-0.4, -0.2) is 55.6 Å². The number of piperidine rings is 1. The molecule has 8 nitrogen and oxygen atoms in total. The van der Waals surface area contributed by atoms with Crippen molar-refractivity contribution in [2.24, 2.45) is 5.92 Å². The fourth-order valence-corrected chi connectivity index (χ4v) is 3.70. The lowest BCUT2D eigenvalue weighted by Crippen LogP contribution is -2.45. The van der Waals surface area contributed by atoms with E-state index in [2.05, 4.69) is 15.6 Å². The minimum absolute atomic E-state index is 0.0477. The number of pyridine rings is 1. The normalized spacial score (nSPS) is 16.4. The quantitative estimate of drug-likeness (QED) is 0.673. The van der Waals surface area contributed by atoms with E-state index in [0.717, 1.165) is 30.6 Å². The number of hydrogen-bond acceptors (Lipinski definition) is 6. The third kappa shape index (κ3) is 6.42. The molecule has 2 aromatic rings. The molecule has 0 saturated carbocycles. The summed E-state index contributed by atoms with van der Waals surface area (Å²) in [5.74, 6) is 1.56. The van der Waals surface area contributed by atoms with Gasteiger partial charge in [0.1, 0.15) is 5.82 Å². The highest BCUT2D eigenvalue weighted by atomic mass is 16.5. The largest absolute Gasteiger partial charge is 0.493 e. The van der Waals surface area contributed by atoms with E-state index in [-0.39, 0.29) is 24.3 Å². The summed E-state index contributed by atoms with van der Waals surface area (Å²) in [6.45, 7) is 3.91. The van der Waals surface area contributed by atoms with Crippen molar-refractivity contribution in [1.29, 1.82) is 0 Å². The van der Waals surface area contributed by atoms with E-state index < -0.39 is 0 Å². The molecule has 1 aromatic carbocycles. The number of benzene rings is 1. The topological polar surface area (TPSA) is 92.8 Å². The van der Waals surface area contributed by atoms with Crippen LogP contribution >= 0.6 is 0 Å². The lowest BCUT2D eigenvalue weighted by Gasteiger charge is -2.31. The molecule has 2 heterocycles. The molecule has 1 fully saturated rings. The second-order valence-electron chi connectivity index (χ2n) is 7.69. The summed E-state index contributed by atoms with van der Waals surface area (Å²) in [6, 6.07) is 11.1. The zero-order chi connectivity index (χ0) is 22.2. The molecular weight excluding hydrogens is 396 g/mol. The second kappa shape index (κ2) is 10.8. The van der Waals surface area contributed by atoms with Crippen LogP contribution in [-0.2, 0) is 16.1 Å². The smallest absolute Gasteiger partial charge is 0.234 e. The van der Waals surface area contributed by atoms with Gasteiger partial charge in [0.15, 0.2) is 11.5 Å². The Hall–Kier alpha value is -3.13. The van der Waals surface area contributed by atoms with Gasteiger partial charge in [-0.05, 0) is 56.1 Å². The van der Waals surface area contributed by atoms with Crippen LogP contribution in [0.25, 0.3) is 0 Å². The highest BCUT2D eigenvalue weighted by Crippen LogP contribution is 2.27. The van der Waals surface area contributed by atoms with Gasteiger partial charge in [-0.15, -0.1) is 0 Å². The van der Waals surface area contributed by atoms with Gasteiger partial charge in [-0.25, -0.2) is 4.98 Å². The number of nitrogens with zero attached hydrogens (tertiary/aromatic N) is 2. The Kier molecular flexibility index (Phi) is 7.83. The molecule has 1 saturated heterocycles. The van der Waals surface area contributed by atoms with Crippen LogP contribution in [0.15, 0.2) is 36.4 Å². The van der Waals surface area contributed by atoms with Gasteiger partial charge < -0.3 is 20.1 Å². The van der Waals surface area contributed by atoms with Crippen molar-refractivity contribution >= 4 is 17.6 Å². The third-order valence-electron chi connectivity index (χ3n) is 5.32. The Morgan fingerprint density at radius 2 is 1.97 bits per heavy atom. The maximum Gasteiger partial charge on any atom is 0.234 e. The predicted molar refractivity (Wildman–Crippen MR) is 118 cm³/mol. The zero-order valence-electron chi connectivity index (χ0n) is 18.3. The summed E-state index contributed by atoms with van der Waals surface area (Å²) in [6.07, 6.45) is 1.68. The number of aryl methyl sites for hydroxylation is 1. The molecule has 1 aliphatic rings. The molecule has 8 heteroatoms. The van der Waals surface area contributed by atoms with Gasteiger partial charge in [-0.1, -0.05) is 12.1 Å². The number of carbonyl (C=O) groups is 2. The number of amides is 2. The first-order valence-electron chi connectivity index (χ1n) is 10.4. The van der Waals surface area contributed by atoms with Gasteiger partial charge in [-0.3, -0.25) is 14.5 Å². The molecule has 1 aromatic heterocycles. The van der Waals surface area contributed by atoms with E-state index in [1.807, 2.05) is 42.2 Å². The van der Waals surface area contributed by atoms with Crippen LogP contribution in [0, 0.1) is 12.8 Å². The number of anilines is 1. The van der Waals surface area contributed by atoms with Gasteiger partial charge in [0.2, 0.25) is 11.8 Å². The van der Waals surface area contributed by atoms with Crippen LogP contribution in [0.3, 0.4) is 0 Å². The zero-order valence-corrected chi connectivity index (χ0v) is 18.3. The van der Waals surface area contributed by atoms with Crippen molar-refractivity contribution in [1.82, 2.24) is 15.2 Å². The van der Waals surface area contributed by atoms with Gasteiger partial charge >= 0.3 is 0 Å². The highest BCUT2D eigenvalue weighted by Gasteiger charge is 2.27. The Morgan fingerprint density at radius 3 is 2.71 bits per heavy atom. The Labute approximate surface area is 182 Å². The summed E-state index contributed by atoms with van der Waals surface area (Å²) in [5.41, 5.74) is 1.78. The van der Waals surface area contributed by atoms with E-state index >= 15 is 0 Å². The molecule has 0 radical (unpaired) electrons. The minimum Gasteiger partial charge on any atom is -0.493 e. The molecule has 1 unspecified atom stereocenters. The molecular formula is C23H30N4O4. The van der Waals surface area contributed by atoms with Crippen molar-refractivity contribution in [3.63, 3.8) is 0 Å². The van der Waals surface area contributed by atoms with E-state index in [1.54, 1.807) is 20.3 Å². The molecule has 31 heavy (non-hydrogen) atoms. The summed E-state index contributed by atoms with van der Waals surface area (Å²) >= 11 is 0. The Bertz CT molecular complexity index is 918. The van der Waals surface area contributed by atoms with Crippen LogP contribution in [0.2, 0.25) is 0 Å². The molecule has 0 aliphatic carbocycles. The maximum absolute atomic E-state index is 12.6. The SMILES string of the molecule is COc1ccc(CNC(=O)CN2CCCC(C(=O)Nc3cccc(C)n3)C2)cc1OC. The third-order valence-corrected chi connectivity index (χ3v) is 5.32. The van der Waals surface area contributed by atoms with Crippen LogP contribution in [0.4, 0.5) is 5.82 Å². The number of nitrogens with one attached hydrogen (secondary N) is 2. The van der Waals surface area contributed by atoms with Crippen molar-refractivity contribution in [3.8, 4) is 11.5 Å². The summed E-state index contributed by atoms with van der Waals surface area (Å²) < 4.78 is 10.5. The second-order valence-corrected chi connectivity index (χ2v) is 7.69. The number of ether oxygens (including phenoxy) is 2. The van der Waals surface area contributed by atoms with Crippen molar-refractivity contribution < 1.29 is 19.1 Å². The van der Waals surface area contributed by atoms with Crippen molar-refractivity contribution in [2.45, 2.75) is 26.3 Å². The number of aromatic nitrogens is 1. The first-order valence-corrected chi connectivity index (χ1v) is 10.4. The lowest BCUT2D eigenvalue weighted by atomic mass is 9.97. The van der Waals surface area contributed by atoms with E-state index in [9.17, 15) is 9.59 Å². The fraction of sp³-hybridized carbons (Fsp3) is 0.435. The fourth-order valence-electron chi connectivity index (χ4n) is 3.70. The summed E-state index contributed by atoms with van der Waals surface area (Å²) in [5, 5.41) is 5.83.